The van der Waals surface area contributed by atoms with Gasteiger partial charge in [0.05, 0.1) is 23.1 Å². The second-order valence-electron chi connectivity index (χ2n) is 7.63. The fourth-order valence-electron chi connectivity index (χ4n) is 3.75. The summed E-state index contributed by atoms with van der Waals surface area (Å²) < 4.78 is 46.3. The number of rotatable bonds is 4. The number of pyridine rings is 1. The molecule has 4 aromatic rings. The van der Waals surface area contributed by atoms with E-state index in [-0.39, 0.29) is 34.3 Å². The monoisotopic (exact) mass is 457 g/mol. The molecule has 0 N–H and O–H groups in total. The Kier molecular flexibility index (Phi) is 4.55. The number of aromatic nitrogens is 4. The van der Waals surface area contributed by atoms with Crippen molar-refractivity contribution in [1.29, 1.82) is 0 Å². The van der Waals surface area contributed by atoms with Gasteiger partial charge in [0.25, 0.3) is 5.69 Å². The first-order valence-electron chi connectivity index (χ1n) is 9.82. The van der Waals surface area contributed by atoms with E-state index in [9.17, 15) is 28.1 Å². The van der Waals surface area contributed by atoms with Gasteiger partial charge in [-0.1, -0.05) is 12.1 Å². The molecule has 1 fully saturated rings. The molecule has 0 aliphatic heterocycles. The second kappa shape index (κ2) is 7.22. The van der Waals surface area contributed by atoms with E-state index >= 15 is 0 Å². The lowest BCUT2D eigenvalue weighted by atomic mass is 10.1. The van der Waals surface area contributed by atoms with Crippen molar-refractivity contribution >= 4 is 28.3 Å². The van der Waals surface area contributed by atoms with Crippen LogP contribution in [0.5, 0.6) is 0 Å². The van der Waals surface area contributed by atoms with E-state index in [1.807, 2.05) is 0 Å². The Balaban J connectivity index is 1.85. The van der Waals surface area contributed by atoms with Crippen molar-refractivity contribution in [2.24, 2.45) is 0 Å². The van der Waals surface area contributed by atoms with Crippen molar-refractivity contribution in [2.45, 2.75) is 24.9 Å². The molecular weight excluding hydrogens is 443 g/mol. The highest BCUT2D eigenvalue weighted by molar-refractivity contribution is 5.97. The first kappa shape index (κ1) is 20.8. The predicted octanol–water partition coefficient (Wildman–Crippen LogP) is 4.54. The summed E-state index contributed by atoms with van der Waals surface area (Å²) in [6, 6.07) is 7.98. The second-order valence-corrected chi connectivity index (χ2v) is 7.63. The van der Waals surface area contributed by atoms with Crippen molar-refractivity contribution in [2.75, 3.05) is 7.11 Å². The number of nitro groups is 1. The number of alkyl halides is 3. The van der Waals surface area contributed by atoms with Crippen LogP contribution in [0.25, 0.3) is 27.9 Å². The fraction of sp³-hybridized carbons (Fsp3) is 0.238. The lowest BCUT2D eigenvalue weighted by Crippen LogP contribution is -2.10. The third-order valence-corrected chi connectivity index (χ3v) is 5.43. The fourth-order valence-corrected chi connectivity index (χ4v) is 3.75. The van der Waals surface area contributed by atoms with Gasteiger partial charge >= 0.3 is 12.1 Å². The molecule has 3 heterocycles. The van der Waals surface area contributed by atoms with Gasteiger partial charge in [-0.05, 0) is 36.5 Å². The minimum atomic E-state index is -4.67. The molecule has 33 heavy (non-hydrogen) atoms. The average molecular weight is 457 g/mol. The van der Waals surface area contributed by atoms with Gasteiger partial charge in [-0.3, -0.25) is 10.1 Å². The van der Waals surface area contributed by atoms with Crippen LogP contribution in [-0.2, 0) is 10.9 Å². The summed E-state index contributed by atoms with van der Waals surface area (Å²) in [5, 5.41) is 15.6. The highest BCUT2D eigenvalue weighted by atomic mass is 19.4. The van der Waals surface area contributed by atoms with E-state index in [0.29, 0.717) is 29.4 Å². The third kappa shape index (κ3) is 3.52. The van der Waals surface area contributed by atoms with Gasteiger partial charge in [-0.15, -0.1) is 5.10 Å². The van der Waals surface area contributed by atoms with Crippen molar-refractivity contribution in [3.8, 4) is 11.3 Å². The van der Waals surface area contributed by atoms with Gasteiger partial charge in [0.1, 0.15) is 5.69 Å². The summed E-state index contributed by atoms with van der Waals surface area (Å²) >= 11 is 0. The number of hydrogen-bond donors (Lipinski definition) is 0. The van der Waals surface area contributed by atoms with Crippen LogP contribution < -0.4 is 0 Å². The lowest BCUT2D eigenvalue weighted by molar-refractivity contribution is -0.384. The van der Waals surface area contributed by atoms with Gasteiger partial charge in [0, 0.05) is 17.7 Å². The zero-order valence-electron chi connectivity index (χ0n) is 17.0. The first-order valence-corrected chi connectivity index (χ1v) is 9.82. The quantitative estimate of drug-likeness (QED) is 0.251. The number of hydrogen-bond acceptors (Lipinski definition) is 7. The highest BCUT2D eigenvalue weighted by Crippen LogP contribution is 2.45. The summed E-state index contributed by atoms with van der Waals surface area (Å²) in [5.41, 5.74) is -0.465. The van der Waals surface area contributed by atoms with E-state index in [0.717, 1.165) is 17.7 Å². The van der Waals surface area contributed by atoms with Gasteiger partial charge in [-0.2, -0.15) is 13.2 Å². The Morgan fingerprint density at radius 2 is 1.97 bits per heavy atom. The Morgan fingerprint density at radius 3 is 2.61 bits per heavy atom. The molecule has 0 spiro atoms. The summed E-state index contributed by atoms with van der Waals surface area (Å²) in [6.07, 6.45) is -3.25. The van der Waals surface area contributed by atoms with Gasteiger partial charge in [0.2, 0.25) is 0 Å². The normalized spacial score (nSPS) is 14.1. The molecule has 1 aliphatic carbocycles. The Labute approximate surface area is 183 Å². The minimum Gasteiger partial charge on any atom is -0.464 e. The maximum atomic E-state index is 13.4. The van der Waals surface area contributed by atoms with Crippen LogP contribution in [0.3, 0.4) is 0 Å². The number of fused-ring (bicyclic) bond motifs is 3. The minimum absolute atomic E-state index is 0.0997. The zero-order chi connectivity index (χ0) is 23.5. The zero-order valence-corrected chi connectivity index (χ0v) is 17.0. The molecule has 1 saturated carbocycles. The van der Waals surface area contributed by atoms with Crippen LogP contribution in [0.15, 0.2) is 36.4 Å². The first-order chi connectivity index (χ1) is 15.7. The molecule has 3 aromatic heterocycles. The largest absolute Gasteiger partial charge is 0.464 e. The van der Waals surface area contributed by atoms with Crippen LogP contribution in [0.4, 0.5) is 18.9 Å². The summed E-state index contributed by atoms with van der Waals surface area (Å²) in [4.78, 5) is 31.3. The van der Waals surface area contributed by atoms with E-state index in [2.05, 4.69) is 15.1 Å². The molecule has 1 aromatic carbocycles. The molecule has 5 rings (SSSR count). The molecule has 0 amide bonds. The molecule has 1 aliphatic rings. The maximum Gasteiger partial charge on any atom is 0.433 e. The number of benzene rings is 1. The molecule has 168 valence electrons. The molecule has 9 nitrogen and oxygen atoms in total. The Hall–Kier alpha value is -4.09. The number of carbonyl (C=O) groups is 1. The topological polar surface area (TPSA) is 113 Å². The number of carbonyl (C=O) groups excluding carboxylic acids is 1. The van der Waals surface area contributed by atoms with Crippen LogP contribution in [-0.4, -0.2) is 37.6 Å². The molecule has 0 unspecified atom stereocenters. The number of nitro benzene ring substituents is 1. The summed E-state index contributed by atoms with van der Waals surface area (Å²) in [6.45, 7) is 0. The number of methoxy groups -OCH3 is 1. The molecule has 0 radical (unpaired) electrons. The van der Waals surface area contributed by atoms with Crippen molar-refractivity contribution in [3.05, 3.63) is 63.5 Å². The van der Waals surface area contributed by atoms with Gasteiger partial charge in [0.15, 0.2) is 17.0 Å². The van der Waals surface area contributed by atoms with E-state index in [4.69, 9.17) is 4.74 Å². The summed E-state index contributed by atoms with van der Waals surface area (Å²) in [7, 11) is 1.15. The van der Waals surface area contributed by atoms with Crippen LogP contribution >= 0.6 is 0 Å². The van der Waals surface area contributed by atoms with E-state index in [1.165, 1.54) is 24.3 Å². The summed E-state index contributed by atoms with van der Waals surface area (Å²) in [5.74, 6) is -0.902. The van der Waals surface area contributed by atoms with Gasteiger partial charge in [-0.25, -0.2) is 19.3 Å². The molecular formula is C21H14F3N5O4. The standard InChI is InChI=1S/C21H14F3N5O4/c1-33-20(30)15-9-14(11-3-2-4-12(7-11)29(31)32)25-19-17-13(10-5-6-10)8-16(21(22,23)24)26-18(17)27-28(15)19/h2-4,7-10H,5-6H2,1H3. The third-order valence-electron chi connectivity index (χ3n) is 5.43. The number of halogens is 3. The van der Waals surface area contributed by atoms with Crippen molar-refractivity contribution < 1.29 is 27.6 Å². The SMILES string of the molecule is COC(=O)c1cc(-c2cccc([N+](=O)[O-])c2)nc2c3c(C4CC4)cc(C(F)(F)F)nc3nn12. The maximum absolute atomic E-state index is 13.4. The highest BCUT2D eigenvalue weighted by Gasteiger charge is 2.37. The van der Waals surface area contributed by atoms with Crippen molar-refractivity contribution in [3.63, 3.8) is 0 Å². The number of esters is 1. The van der Waals surface area contributed by atoms with Gasteiger partial charge < -0.3 is 4.74 Å². The average Bonchev–Trinajstić information content (AvgIpc) is 3.57. The predicted molar refractivity (Wildman–Crippen MR) is 109 cm³/mol. The lowest BCUT2D eigenvalue weighted by Gasteiger charge is -2.09. The molecule has 0 saturated heterocycles. The molecule has 0 bridgehead atoms. The Morgan fingerprint density at radius 1 is 1.21 bits per heavy atom. The van der Waals surface area contributed by atoms with E-state index < -0.39 is 22.8 Å². The number of ether oxygens (including phenoxy) is 1. The molecule has 0 atom stereocenters. The van der Waals surface area contributed by atoms with Crippen LogP contribution in [0.2, 0.25) is 0 Å². The van der Waals surface area contributed by atoms with E-state index in [1.54, 1.807) is 6.07 Å². The molecule has 12 heteroatoms. The number of non-ortho nitro benzene ring substituents is 1. The van der Waals surface area contributed by atoms with Crippen molar-refractivity contribution in [1.82, 2.24) is 19.6 Å². The Bertz CT molecular complexity index is 1460. The van der Waals surface area contributed by atoms with Crippen LogP contribution in [0.1, 0.15) is 40.5 Å². The smallest absolute Gasteiger partial charge is 0.433 e. The van der Waals surface area contributed by atoms with Crippen LogP contribution in [0, 0.1) is 10.1 Å². The number of nitrogens with zero attached hydrogens (tertiary/aromatic N) is 5.